The maximum absolute atomic E-state index is 12.4. The maximum Gasteiger partial charge on any atom is 0.279 e. The van der Waals surface area contributed by atoms with Gasteiger partial charge in [0.25, 0.3) is 11.8 Å². The van der Waals surface area contributed by atoms with Crippen LogP contribution in [0.2, 0.25) is 5.02 Å². The van der Waals surface area contributed by atoms with Crippen LogP contribution >= 0.6 is 39.3 Å². The van der Waals surface area contributed by atoms with E-state index in [4.69, 9.17) is 21.1 Å². The van der Waals surface area contributed by atoms with Crippen LogP contribution in [0.5, 0.6) is 11.5 Å². The van der Waals surface area contributed by atoms with E-state index < -0.39 is 5.91 Å². The summed E-state index contributed by atoms with van der Waals surface area (Å²) >= 11 is 10.4. The molecule has 9 heteroatoms. The molecule has 1 fully saturated rings. The Morgan fingerprint density at radius 1 is 1.29 bits per heavy atom. The second-order valence-corrected chi connectivity index (χ2v) is 8.48. The molecular formula is C22H18BrClN2O4S. The number of carbonyl (C=O) groups excluding carboxylic acids is 2. The first-order valence-corrected chi connectivity index (χ1v) is 11.2. The zero-order valence-corrected chi connectivity index (χ0v) is 19.6. The Bertz CT molecular complexity index is 1080. The smallest absolute Gasteiger partial charge is 0.279 e. The van der Waals surface area contributed by atoms with Crippen LogP contribution in [0, 0.1) is 0 Å². The molecule has 0 spiro atoms. The predicted molar refractivity (Wildman–Crippen MR) is 128 cm³/mol. The van der Waals surface area contributed by atoms with Gasteiger partial charge >= 0.3 is 0 Å². The topological polar surface area (TPSA) is 77.0 Å². The standard InChI is InChI=1S/C22H18BrClN2O4S/c1-3-9-30-19-16(23)10-13(11-17(19)29-4-2)12-18-21(28)26-22(31-18)25-20(27)14-5-7-15(24)8-6-14/h3,5-8,10-12H,1,4,9H2,2H3,(H,25,26,27,28)/b18-12-. The van der Waals surface area contributed by atoms with Gasteiger partial charge in [-0.25, -0.2) is 0 Å². The third-order valence-corrected chi connectivity index (χ3v) is 5.67. The number of nitrogens with one attached hydrogen (secondary N) is 1. The van der Waals surface area contributed by atoms with E-state index in [2.05, 4.69) is 32.8 Å². The van der Waals surface area contributed by atoms with Crippen molar-refractivity contribution in [1.82, 2.24) is 5.32 Å². The fourth-order valence-corrected chi connectivity index (χ4v) is 4.12. The molecule has 0 saturated carbocycles. The van der Waals surface area contributed by atoms with E-state index in [1.807, 2.05) is 13.0 Å². The molecule has 0 bridgehead atoms. The van der Waals surface area contributed by atoms with Gasteiger partial charge in [-0.1, -0.05) is 24.3 Å². The average Bonchev–Trinajstić information content (AvgIpc) is 3.06. The van der Waals surface area contributed by atoms with E-state index in [1.54, 1.807) is 42.5 Å². The number of halogens is 2. The van der Waals surface area contributed by atoms with Crippen molar-refractivity contribution >= 4 is 62.4 Å². The molecule has 2 aromatic rings. The van der Waals surface area contributed by atoms with Gasteiger partial charge in [0.2, 0.25) is 0 Å². The van der Waals surface area contributed by atoms with E-state index in [0.29, 0.717) is 44.7 Å². The molecule has 0 atom stereocenters. The van der Waals surface area contributed by atoms with Crippen molar-refractivity contribution in [2.24, 2.45) is 4.99 Å². The number of aliphatic imine (C=N–C) groups is 1. The highest BCUT2D eigenvalue weighted by molar-refractivity contribution is 9.10. The SMILES string of the molecule is C=CCOc1c(Br)cc(/C=C2\SC(=NC(=O)c3ccc(Cl)cc3)NC2=O)cc1OCC. The van der Waals surface area contributed by atoms with Crippen LogP contribution in [0.4, 0.5) is 0 Å². The first-order chi connectivity index (χ1) is 14.9. The summed E-state index contributed by atoms with van der Waals surface area (Å²) in [5, 5.41) is 3.35. The summed E-state index contributed by atoms with van der Waals surface area (Å²) in [4.78, 5) is 29.1. The highest BCUT2D eigenvalue weighted by Crippen LogP contribution is 2.38. The fraction of sp³-hybridized carbons (Fsp3) is 0.136. The van der Waals surface area contributed by atoms with Crippen molar-refractivity contribution in [3.8, 4) is 11.5 Å². The lowest BCUT2D eigenvalue weighted by molar-refractivity contribution is -0.115. The number of carbonyl (C=O) groups is 2. The first-order valence-electron chi connectivity index (χ1n) is 9.20. The molecule has 2 aromatic carbocycles. The summed E-state index contributed by atoms with van der Waals surface area (Å²) in [5.41, 5.74) is 1.11. The van der Waals surface area contributed by atoms with Crippen LogP contribution in [0.25, 0.3) is 6.08 Å². The second kappa shape index (κ2) is 10.7. The van der Waals surface area contributed by atoms with Gasteiger partial charge in [-0.15, -0.1) is 0 Å². The molecular weight excluding hydrogens is 504 g/mol. The minimum atomic E-state index is -0.467. The van der Waals surface area contributed by atoms with Gasteiger partial charge in [0.15, 0.2) is 16.7 Å². The lowest BCUT2D eigenvalue weighted by atomic mass is 10.2. The molecule has 2 amide bonds. The largest absolute Gasteiger partial charge is 0.490 e. The van der Waals surface area contributed by atoms with E-state index in [9.17, 15) is 9.59 Å². The molecule has 0 aliphatic carbocycles. The summed E-state index contributed by atoms with van der Waals surface area (Å²) < 4.78 is 12.0. The third-order valence-electron chi connectivity index (χ3n) is 3.92. The Morgan fingerprint density at radius 2 is 2.03 bits per heavy atom. The normalized spacial score (nSPS) is 15.8. The lowest BCUT2D eigenvalue weighted by Crippen LogP contribution is -2.20. The predicted octanol–water partition coefficient (Wildman–Crippen LogP) is 5.47. The number of amides is 2. The number of thioether (sulfide) groups is 1. The molecule has 0 unspecified atom stereocenters. The molecule has 31 heavy (non-hydrogen) atoms. The van der Waals surface area contributed by atoms with Crippen molar-refractivity contribution in [3.63, 3.8) is 0 Å². The highest BCUT2D eigenvalue weighted by atomic mass is 79.9. The average molecular weight is 522 g/mol. The van der Waals surface area contributed by atoms with Crippen LogP contribution in [-0.2, 0) is 4.79 Å². The molecule has 1 aliphatic heterocycles. The fourth-order valence-electron chi connectivity index (χ4n) is 2.60. The quantitative estimate of drug-likeness (QED) is 0.386. The molecule has 6 nitrogen and oxygen atoms in total. The molecule has 160 valence electrons. The van der Waals surface area contributed by atoms with Crippen molar-refractivity contribution < 1.29 is 19.1 Å². The zero-order chi connectivity index (χ0) is 22.4. The van der Waals surface area contributed by atoms with Gasteiger partial charge in [-0.05, 0) is 82.7 Å². The van der Waals surface area contributed by atoms with Gasteiger partial charge in [0.05, 0.1) is 16.0 Å². The lowest BCUT2D eigenvalue weighted by Gasteiger charge is -2.13. The van der Waals surface area contributed by atoms with Crippen LogP contribution in [0.3, 0.4) is 0 Å². The van der Waals surface area contributed by atoms with Crippen molar-refractivity contribution in [3.05, 3.63) is 74.6 Å². The summed E-state index contributed by atoms with van der Waals surface area (Å²) in [6.07, 6.45) is 3.34. The minimum Gasteiger partial charge on any atom is -0.490 e. The Balaban J connectivity index is 1.83. The Labute approximate surface area is 197 Å². The monoisotopic (exact) mass is 520 g/mol. The Hall–Kier alpha value is -2.55. The number of ether oxygens (including phenoxy) is 2. The zero-order valence-electron chi connectivity index (χ0n) is 16.5. The number of hydrogen-bond acceptors (Lipinski definition) is 5. The highest BCUT2D eigenvalue weighted by Gasteiger charge is 2.25. The van der Waals surface area contributed by atoms with E-state index in [0.717, 1.165) is 17.3 Å². The van der Waals surface area contributed by atoms with Crippen molar-refractivity contribution in [2.75, 3.05) is 13.2 Å². The summed E-state index contributed by atoms with van der Waals surface area (Å²) in [6.45, 7) is 6.31. The molecule has 0 aromatic heterocycles. The molecule has 1 saturated heterocycles. The number of benzene rings is 2. The third kappa shape index (κ3) is 6.00. The van der Waals surface area contributed by atoms with Crippen LogP contribution < -0.4 is 14.8 Å². The van der Waals surface area contributed by atoms with Gasteiger partial charge in [0.1, 0.15) is 6.61 Å². The number of nitrogens with zero attached hydrogens (tertiary/aromatic N) is 1. The van der Waals surface area contributed by atoms with E-state index in [-0.39, 0.29) is 11.1 Å². The number of amidine groups is 1. The van der Waals surface area contributed by atoms with Crippen molar-refractivity contribution in [2.45, 2.75) is 6.92 Å². The minimum absolute atomic E-state index is 0.214. The summed E-state index contributed by atoms with van der Waals surface area (Å²) in [5.74, 6) is 0.295. The molecule has 1 N–H and O–H groups in total. The second-order valence-electron chi connectivity index (χ2n) is 6.16. The maximum atomic E-state index is 12.4. The van der Waals surface area contributed by atoms with Gasteiger partial charge < -0.3 is 14.8 Å². The van der Waals surface area contributed by atoms with Gasteiger partial charge in [-0.3, -0.25) is 9.59 Å². The molecule has 0 radical (unpaired) electrons. The van der Waals surface area contributed by atoms with E-state index in [1.165, 1.54) is 0 Å². The summed E-state index contributed by atoms with van der Waals surface area (Å²) in [6, 6.07) is 9.97. The van der Waals surface area contributed by atoms with Crippen LogP contribution in [-0.4, -0.2) is 30.2 Å². The van der Waals surface area contributed by atoms with E-state index >= 15 is 0 Å². The van der Waals surface area contributed by atoms with Gasteiger partial charge in [0, 0.05) is 10.6 Å². The molecule has 1 aliphatic rings. The van der Waals surface area contributed by atoms with Gasteiger partial charge in [-0.2, -0.15) is 4.99 Å². The first kappa shape index (κ1) is 23.1. The number of rotatable bonds is 7. The van der Waals surface area contributed by atoms with Crippen LogP contribution in [0.15, 0.2) is 63.4 Å². The van der Waals surface area contributed by atoms with Crippen molar-refractivity contribution in [1.29, 1.82) is 0 Å². The molecule has 1 heterocycles. The Morgan fingerprint density at radius 3 is 2.71 bits per heavy atom. The summed E-state index contributed by atoms with van der Waals surface area (Å²) in [7, 11) is 0. The van der Waals surface area contributed by atoms with Crippen LogP contribution in [0.1, 0.15) is 22.8 Å². The Kier molecular flexibility index (Phi) is 7.95. The molecule has 3 rings (SSSR count). The number of hydrogen-bond donors (Lipinski definition) is 1.